The van der Waals surface area contributed by atoms with Gasteiger partial charge in [0.2, 0.25) is 0 Å². The van der Waals surface area contributed by atoms with Crippen molar-refractivity contribution in [3.8, 4) is 0 Å². The molecule has 1 heterocycles. The van der Waals surface area contributed by atoms with Gasteiger partial charge < -0.3 is 14.5 Å². The van der Waals surface area contributed by atoms with E-state index in [0.717, 1.165) is 22.5 Å². The number of nitrogens with zero attached hydrogens (tertiary/aromatic N) is 2. The van der Waals surface area contributed by atoms with Crippen LogP contribution in [-0.4, -0.2) is 23.9 Å². The number of rotatable bonds is 4. The third-order valence-electron chi connectivity index (χ3n) is 3.42. The molecule has 2 rings (SSSR count). The summed E-state index contributed by atoms with van der Waals surface area (Å²) < 4.78 is 18.2. The summed E-state index contributed by atoms with van der Waals surface area (Å²) >= 11 is 0. The topological polar surface area (TPSA) is 49.5 Å². The molecule has 0 amide bonds. The summed E-state index contributed by atoms with van der Waals surface area (Å²) in [6.07, 6.45) is -0.700. The molecule has 5 heteroatoms. The summed E-state index contributed by atoms with van der Waals surface area (Å²) in [5, 5.41) is 14.2. The van der Waals surface area contributed by atoms with Crippen LogP contribution in [0.3, 0.4) is 0 Å². The molecule has 0 spiro atoms. The zero-order valence-electron chi connectivity index (χ0n) is 12.1. The maximum atomic E-state index is 13.1. The summed E-state index contributed by atoms with van der Waals surface area (Å²) in [4.78, 5) is 1.90. The second kappa shape index (κ2) is 5.63. The van der Waals surface area contributed by atoms with Crippen molar-refractivity contribution >= 4 is 5.69 Å². The number of benzene rings is 1. The quantitative estimate of drug-likeness (QED) is 0.934. The summed E-state index contributed by atoms with van der Waals surface area (Å²) in [6, 6.07) is 4.41. The summed E-state index contributed by atoms with van der Waals surface area (Å²) in [5.74, 6) is 0.422. The van der Waals surface area contributed by atoms with Crippen LogP contribution in [0.1, 0.15) is 28.7 Å². The number of aryl methyl sites for hydroxylation is 3. The highest BCUT2D eigenvalue weighted by Gasteiger charge is 2.18. The third kappa shape index (κ3) is 2.82. The molecular formula is C15H19FN2O2. The Bertz CT molecular complexity index is 590. The SMILES string of the molecule is Cc1cc(F)ccc1C(O)CN(C)c1c(C)noc1C. The molecule has 1 aromatic carbocycles. The maximum absolute atomic E-state index is 13.1. The van der Waals surface area contributed by atoms with E-state index in [1.54, 1.807) is 13.0 Å². The van der Waals surface area contributed by atoms with Crippen molar-refractivity contribution < 1.29 is 14.0 Å². The van der Waals surface area contributed by atoms with Crippen molar-refractivity contribution in [2.24, 2.45) is 0 Å². The highest BCUT2D eigenvalue weighted by Crippen LogP contribution is 2.26. The number of aromatic nitrogens is 1. The minimum Gasteiger partial charge on any atom is -0.387 e. The van der Waals surface area contributed by atoms with E-state index in [2.05, 4.69) is 5.16 Å². The molecule has 0 aliphatic heterocycles. The van der Waals surface area contributed by atoms with E-state index in [4.69, 9.17) is 4.52 Å². The van der Waals surface area contributed by atoms with Gasteiger partial charge in [-0.25, -0.2) is 4.39 Å². The summed E-state index contributed by atoms with van der Waals surface area (Å²) in [5.41, 5.74) is 3.13. The van der Waals surface area contributed by atoms with E-state index < -0.39 is 6.10 Å². The molecule has 1 unspecified atom stereocenters. The smallest absolute Gasteiger partial charge is 0.157 e. The lowest BCUT2D eigenvalue weighted by Gasteiger charge is -2.23. The Morgan fingerprint density at radius 3 is 2.60 bits per heavy atom. The predicted octanol–water partition coefficient (Wildman–Crippen LogP) is 2.91. The summed E-state index contributed by atoms with van der Waals surface area (Å²) in [6.45, 7) is 5.87. The van der Waals surface area contributed by atoms with E-state index in [0.29, 0.717) is 12.3 Å². The van der Waals surface area contributed by atoms with Crippen LogP contribution in [-0.2, 0) is 0 Å². The van der Waals surface area contributed by atoms with Crippen LogP contribution >= 0.6 is 0 Å². The molecule has 0 saturated heterocycles. The lowest BCUT2D eigenvalue weighted by Crippen LogP contribution is -2.25. The van der Waals surface area contributed by atoms with Crippen molar-refractivity contribution in [1.82, 2.24) is 5.16 Å². The van der Waals surface area contributed by atoms with Gasteiger partial charge in [0.25, 0.3) is 0 Å². The first-order valence-electron chi connectivity index (χ1n) is 6.48. The van der Waals surface area contributed by atoms with Gasteiger partial charge in [-0.1, -0.05) is 11.2 Å². The Morgan fingerprint density at radius 1 is 1.35 bits per heavy atom. The average molecular weight is 278 g/mol. The molecular weight excluding hydrogens is 259 g/mol. The van der Waals surface area contributed by atoms with Gasteiger partial charge in [-0.3, -0.25) is 0 Å². The van der Waals surface area contributed by atoms with Crippen molar-refractivity contribution in [1.29, 1.82) is 0 Å². The zero-order valence-corrected chi connectivity index (χ0v) is 12.1. The van der Waals surface area contributed by atoms with Crippen LogP contribution in [0.4, 0.5) is 10.1 Å². The number of halogens is 1. The fraction of sp³-hybridized carbons (Fsp3) is 0.400. The fourth-order valence-electron chi connectivity index (χ4n) is 2.49. The first-order chi connectivity index (χ1) is 9.40. The van der Waals surface area contributed by atoms with Gasteiger partial charge in [-0.05, 0) is 44.0 Å². The lowest BCUT2D eigenvalue weighted by molar-refractivity contribution is 0.184. The second-order valence-corrected chi connectivity index (χ2v) is 5.07. The van der Waals surface area contributed by atoms with Gasteiger partial charge in [-0.2, -0.15) is 0 Å². The van der Waals surface area contributed by atoms with Gasteiger partial charge in [0.15, 0.2) is 5.76 Å². The lowest BCUT2D eigenvalue weighted by atomic mass is 10.0. The number of likely N-dealkylation sites (N-methyl/N-ethyl adjacent to an activating group) is 1. The van der Waals surface area contributed by atoms with Gasteiger partial charge in [-0.15, -0.1) is 0 Å². The molecule has 1 atom stereocenters. The molecule has 0 radical (unpaired) electrons. The van der Waals surface area contributed by atoms with Crippen molar-refractivity contribution in [2.75, 3.05) is 18.5 Å². The Balaban J connectivity index is 2.17. The van der Waals surface area contributed by atoms with Gasteiger partial charge in [0.05, 0.1) is 6.10 Å². The standard InChI is InChI=1S/C15H19FN2O2/c1-9-7-12(16)5-6-13(9)14(19)8-18(4)15-10(2)17-20-11(15)3/h5-7,14,19H,8H2,1-4H3. The Labute approximate surface area is 117 Å². The number of aliphatic hydroxyl groups is 1. The van der Waals surface area contributed by atoms with E-state index in [1.165, 1.54) is 12.1 Å². The Morgan fingerprint density at radius 2 is 2.05 bits per heavy atom. The minimum absolute atomic E-state index is 0.294. The molecule has 2 aromatic rings. The van der Waals surface area contributed by atoms with Gasteiger partial charge >= 0.3 is 0 Å². The number of anilines is 1. The molecule has 0 bridgehead atoms. The third-order valence-corrected chi connectivity index (χ3v) is 3.42. The van der Waals surface area contributed by atoms with Crippen molar-refractivity contribution in [3.05, 3.63) is 46.6 Å². The molecule has 0 aliphatic carbocycles. The normalized spacial score (nSPS) is 12.5. The van der Waals surface area contributed by atoms with Crippen molar-refractivity contribution in [2.45, 2.75) is 26.9 Å². The largest absolute Gasteiger partial charge is 0.387 e. The molecule has 0 aliphatic rings. The molecule has 1 aromatic heterocycles. The van der Waals surface area contributed by atoms with Crippen LogP contribution in [0.25, 0.3) is 0 Å². The predicted molar refractivity (Wildman–Crippen MR) is 75.3 cm³/mol. The first-order valence-corrected chi connectivity index (χ1v) is 6.48. The zero-order chi connectivity index (χ0) is 14.9. The second-order valence-electron chi connectivity index (χ2n) is 5.07. The average Bonchev–Trinajstić information content (AvgIpc) is 2.68. The van der Waals surface area contributed by atoms with Gasteiger partial charge in [0.1, 0.15) is 17.2 Å². The van der Waals surface area contributed by atoms with E-state index in [-0.39, 0.29) is 5.82 Å². The van der Waals surface area contributed by atoms with E-state index >= 15 is 0 Å². The first kappa shape index (κ1) is 14.5. The monoisotopic (exact) mass is 278 g/mol. The van der Waals surface area contributed by atoms with Crippen LogP contribution in [0, 0.1) is 26.6 Å². The van der Waals surface area contributed by atoms with Crippen molar-refractivity contribution in [3.63, 3.8) is 0 Å². The fourth-order valence-corrected chi connectivity index (χ4v) is 2.49. The summed E-state index contributed by atoms with van der Waals surface area (Å²) in [7, 11) is 1.87. The number of hydrogen-bond donors (Lipinski definition) is 1. The van der Waals surface area contributed by atoms with Crippen LogP contribution < -0.4 is 4.90 Å². The molecule has 0 saturated carbocycles. The van der Waals surface area contributed by atoms with Crippen LogP contribution in [0.5, 0.6) is 0 Å². The molecule has 4 nitrogen and oxygen atoms in total. The Hall–Kier alpha value is -1.88. The van der Waals surface area contributed by atoms with Gasteiger partial charge in [0, 0.05) is 13.6 Å². The molecule has 20 heavy (non-hydrogen) atoms. The van der Waals surface area contributed by atoms with Crippen LogP contribution in [0.2, 0.25) is 0 Å². The number of aliphatic hydroxyl groups excluding tert-OH is 1. The maximum Gasteiger partial charge on any atom is 0.157 e. The molecule has 0 fully saturated rings. The molecule has 1 N–H and O–H groups in total. The van der Waals surface area contributed by atoms with E-state index in [9.17, 15) is 9.50 Å². The minimum atomic E-state index is -0.700. The van der Waals surface area contributed by atoms with Crippen LogP contribution in [0.15, 0.2) is 22.7 Å². The number of hydrogen-bond acceptors (Lipinski definition) is 4. The van der Waals surface area contributed by atoms with E-state index in [1.807, 2.05) is 25.8 Å². The highest BCUT2D eigenvalue weighted by molar-refractivity contribution is 5.52. The highest BCUT2D eigenvalue weighted by atomic mass is 19.1. The molecule has 108 valence electrons. The Kier molecular flexibility index (Phi) is 4.09.